The molecular formula is C18H16O7. The van der Waals surface area contributed by atoms with Gasteiger partial charge in [0.2, 0.25) is 0 Å². The quantitative estimate of drug-likeness (QED) is 0.545. The number of carbonyl (C=O) groups excluding carboxylic acids is 1. The van der Waals surface area contributed by atoms with Gasteiger partial charge in [-0.3, -0.25) is 4.79 Å². The van der Waals surface area contributed by atoms with Gasteiger partial charge in [-0.25, -0.2) is 4.79 Å². The highest BCUT2D eigenvalue weighted by atomic mass is 16.5. The number of benzene rings is 2. The maximum Gasteiger partial charge on any atom is 0.328 e. The molecule has 3 N–H and O–H groups in total. The van der Waals surface area contributed by atoms with Crippen LogP contribution >= 0.6 is 0 Å². The first-order chi connectivity index (χ1) is 11.9. The van der Waals surface area contributed by atoms with Crippen LogP contribution < -0.4 is 9.47 Å². The highest BCUT2D eigenvalue weighted by Gasteiger charge is 2.18. The van der Waals surface area contributed by atoms with E-state index in [2.05, 4.69) is 0 Å². The molecule has 0 aliphatic heterocycles. The summed E-state index contributed by atoms with van der Waals surface area (Å²) in [6.07, 6.45) is 2.82. The molecule has 0 unspecified atom stereocenters. The van der Waals surface area contributed by atoms with Crippen molar-refractivity contribution in [3.05, 3.63) is 41.5 Å². The molecule has 0 saturated heterocycles. The Labute approximate surface area is 143 Å². The largest absolute Gasteiger partial charge is 0.504 e. The molecule has 7 nitrogen and oxygen atoms in total. The first-order valence-electron chi connectivity index (χ1n) is 7.09. The van der Waals surface area contributed by atoms with Gasteiger partial charge in [-0.1, -0.05) is 0 Å². The Kier molecular flexibility index (Phi) is 5.28. The summed E-state index contributed by atoms with van der Waals surface area (Å²) in [6, 6.07) is 5.63. The summed E-state index contributed by atoms with van der Waals surface area (Å²) in [5.74, 6) is -1.54. The molecule has 0 bridgehead atoms. The Hall–Kier alpha value is -3.48. The molecule has 0 aromatic heterocycles. The topological polar surface area (TPSA) is 113 Å². The third-order valence-electron chi connectivity index (χ3n) is 3.48. The molecule has 0 aliphatic carbocycles. The zero-order chi connectivity index (χ0) is 18.6. The number of aromatic hydroxyl groups is 2. The number of aliphatic carboxylic acids is 1. The zero-order valence-electron chi connectivity index (χ0n) is 13.5. The number of aldehydes is 1. The molecule has 2 aromatic rings. The van der Waals surface area contributed by atoms with E-state index in [0.717, 1.165) is 6.08 Å². The second-order valence-electron chi connectivity index (χ2n) is 5.03. The van der Waals surface area contributed by atoms with Crippen molar-refractivity contribution in [1.82, 2.24) is 0 Å². The van der Waals surface area contributed by atoms with E-state index < -0.39 is 5.97 Å². The summed E-state index contributed by atoms with van der Waals surface area (Å²) in [5, 5.41) is 29.5. The molecule has 0 radical (unpaired) electrons. The van der Waals surface area contributed by atoms with Crippen LogP contribution in [-0.2, 0) is 4.79 Å². The van der Waals surface area contributed by atoms with Crippen LogP contribution in [-0.4, -0.2) is 41.8 Å². The Bertz CT molecular complexity index is 853. The lowest BCUT2D eigenvalue weighted by Gasteiger charge is -2.14. The van der Waals surface area contributed by atoms with Gasteiger partial charge in [0.25, 0.3) is 0 Å². The maximum atomic E-state index is 11.1. The third kappa shape index (κ3) is 3.72. The molecule has 0 fully saturated rings. The standard InChI is InChI=1S/C18H16O7/c1-24-14-7-10(3-4-16(20)21)5-12(17(14)22)13-6-11(9-19)8-15(25-2)18(13)23/h3-9,22-23H,1-2H3,(H,20,21). The number of rotatable bonds is 6. The minimum absolute atomic E-state index is 0.0597. The number of phenolic OH excluding ortho intramolecular Hbond substituents is 2. The Balaban J connectivity index is 2.75. The van der Waals surface area contributed by atoms with Gasteiger partial charge in [0.1, 0.15) is 6.29 Å². The fourth-order valence-corrected chi connectivity index (χ4v) is 2.31. The molecule has 0 amide bonds. The molecule has 7 heteroatoms. The SMILES string of the molecule is COc1cc(C=O)cc(-c2cc(C=CC(=O)O)cc(OC)c2O)c1O. The lowest BCUT2D eigenvalue weighted by atomic mass is 9.97. The van der Waals surface area contributed by atoms with E-state index in [4.69, 9.17) is 14.6 Å². The van der Waals surface area contributed by atoms with Crippen molar-refractivity contribution in [2.75, 3.05) is 14.2 Å². The first kappa shape index (κ1) is 17.9. The van der Waals surface area contributed by atoms with Crippen molar-refractivity contribution in [2.45, 2.75) is 0 Å². The van der Waals surface area contributed by atoms with E-state index in [1.165, 1.54) is 44.6 Å². The maximum absolute atomic E-state index is 11.1. The molecule has 0 heterocycles. The Morgan fingerprint density at radius 3 is 1.84 bits per heavy atom. The van der Waals surface area contributed by atoms with Crippen molar-refractivity contribution in [1.29, 1.82) is 0 Å². The smallest absolute Gasteiger partial charge is 0.328 e. The lowest BCUT2D eigenvalue weighted by Crippen LogP contribution is -1.93. The first-order valence-corrected chi connectivity index (χ1v) is 7.09. The molecule has 2 aromatic carbocycles. The zero-order valence-corrected chi connectivity index (χ0v) is 13.5. The van der Waals surface area contributed by atoms with Crippen LogP contribution in [0, 0.1) is 0 Å². The van der Waals surface area contributed by atoms with E-state index in [-0.39, 0.29) is 39.7 Å². The predicted octanol–water partition coefficient (Wildman–Crippen LogP) is 2.69. The average Bonchev–Trinajstić information content (AvgIpc) is 2.61. The van der Waals surface area contributed by atoms with Crippen molar-refractivity contribution >= 4 is 18.3 Å². The van der Waals surface area contributed by atoms with Crippen molar-refractivity contribution in [2.24, 2.45) is 0 Å². The molecule has 25 heavy (non-hydrogen) atoms. The van der Waals surface area contributed by atoms with Crippen LogP contribution in [0.1, 0.15) is 15.9 Å². The molecule has 0 atom stereocenters. The fraction of sp³-hybridized carbons (Fsp3) is 0.111. The van der Waals surface area contributed by atoms with Gasteiger partial charge < -0.3 is 24.8 Å². The number of ether oxygens (including phenoxy) is 2. The number of carbonyl (C=O) groups is 2. The number of hydrogen-bond donors (Lipinski definition) is 3. The van der Waals surface area contributed by atoms with Gasteiger partial charge in [0.05, 0.1) is 14.2 Å². The summed E-state index contributed by atoms with van der Waals surface area (Å²) in [5.41, 5.74) is 0.947. The number of phenols is 2. The summed E-state index contributed by atoms with van der Waals surface area (Å²) in [4.78, 5) is 21.8. The van der Waals surface area contributed by atoms with E-state index in [0.29, 0.717) is 11.8 Å². The number of hydrogen-bond acceptors (Lipinski definition) is 6. The van der Waals surface area contributed by atoms with Gasteiger partial charge in [0, 0.05) is 22.8 Å². The highest BCUT2D eigenvalue weighted by Crippen LogP contribution is 2.45. The van der Waals surface area contributed by atoms with Crippen LogP contribution in [0.2, 0.25) is 0 Å². The van der Waals surface area contributed by atoms with Gasteiger partial charge in [0.15, 0.2) is 23.0 Å². The summed E-state index contributed by atoms with van der Waals surface area (Å²) < 4.78 is 10.1. The van der Waals surface area contributed by atoms with Crippen LogP contribution in [0.4, 0.5) is 0 Å². The fourth-order valence-electron chi connectivity index (χ4n) is 2.31. The Morgan fingerprint density at radius 2 is 1.40 bits per heavy atom. The van der Waals surface area contributed by atoms with Gasteiger partial charge in [-0.15, -0.1) is 0 Å². The van der Waals surface area contributed by atoms with Crippen molar-refractivity contribution in [3.8, 4) is 34.1 Å². The predicted molar refractivity (Wildman–Crippen MR) is 90.4 cm³/mol. The lowest BCUT2D eigenvalue weighted by molar-refractivity contribution is -0.131. The van der Waals surface area contributed by atoms with Crippen LogP contribution in [0.3, 0.4) is 0 Å². The molecule has 0 saturated carbocycles. The molecule has 0 spiro atoms. The van der Waals surface area contributed by atoms with Crippen molar-refractivity contribution in [3.63, 3.8) is 0 Å². The molecule has 2 rings (SSSR count). The third-order valence-corrected chi connectivity index (χ3v) is 3.48. The van der Waals surface area contributed by atoms with Crippen LogP contribution in [0.5, 0.6) is 23.0 Å². The number of carboxylic acid groups (broad SMARTS) is 1. The number of carboxylic acids is 1. The summed E-state index contributed by atoms with van der Waals surface area (Å²) >= 11 is 0. The molecule has 0 aliphatic rings. The minimum atomic E-state index is -1.14. The van der Waals surface area contributed by atoms with E-state index in [1.54, 1.807) is 0 Å². The monoisotopic (exact) mass is 344 g/mol. The summed E-state index contributed by atoms with van der Waals surface area (Å²) in [6.45, 7) is 0. The van der Waals surface area contributed by atoms with Gasteiger partial charge in [-0.05, 0) is 35.9 Å². The highest BCUT2D eigenvalue weighted by molar-refractivity contribution is 5.89. The van der Waals surface area contributed by atoms with E-state index in [9.17, 15) is 19.8 Å². The minimum Gasteiger partial charge on any atom is -0.504 e. The van der Waals surface area contributed by atoms with Crippen molar-refractivity contribution < 1.29 is 34.4 Å². The second kappa shape index (κ2) is 7.39. The van der Waals surface area contributed by atoms with Crippen LogP contribution in [0.25, 0.3) is 17.2 Å². The van der Waals surface area contributed by atoms with Crippen LogP contribution in [0.15, 0.2) is 30.3 Å². The average molecular weight is 344 g/mol. The Morgan fingerprint density at radius 1 is 0.920 bits per heavy atom. The molecular weight excluding hydrogens is 328 g/mol. The normalized spacial score (nSPS) is 10.6. The van der Waals surface area contributed by atoms with Gasteiger partial charge in [-0.2, -0.15) is 0 Å². The number of methoxy groups -OCH3 is 2. The summed E-state index contributed by atoms with van der Waals surface area (Å²) in [7, 11) is 2.67. The van der Waals surface area contributed by atoms with E-state index in [1.807, 2.05) is 0 Å². The second-order valence-corrected chi connectivity index (χ2v) is 5.03. The van der Waals surface area contributed by atoms with Gasteiger partial charge >= 0.3 is 5.97 Å². The molecule has 130 valence electrons. The van der Waals surface area contributed by atoms with E-state index >= 15 is 0 Å².